The fraction of sp³-hybridized carbons (Fsp3) is 0.368. The minimum atomic E-state index is -0.100. The monoisotopic (exact) mass is 298 g/mol. The third-order valence-electron chi connectivity index (χ3n) is 4.28. The molecule has 0 radical (unpaired) electrons. The second-order valence-corrected chi connectivity index (χ2v) is 5.84. The van der Waals surface area contributed by atoms with Crippen LogP contribution in [-0.2, 0) is 13.0 Å². The molecule has 0 unspecified atom stereocenters. The Labute approximate surface area is 132 Å². The third-order valence-corrected chi connectivity index (χ3v) is 4.28. The van der Waals surface area contributed by atoms with Crippen LogP contribution in [0.1, 0.15) is 24.0 Å². The quantitative estimate of drug-likeness (QED) is 0.817. The summed E-state index contributed by atoms with van der Waals surface area (Å²) in [6.07, 6.45) is 3.38. The van der Waals surface area contributed by atoms with Crippen LogP contribution < -0.4 is 10.2 Å². The Hall–Kier alpha value is -1.87. The van der Waals surface area contributed by atoms with Crippen LogP contribution in [0.2, 0.25) is 0 Å². The first-order chi connectivity index (χ1) is 10.8. The first kappa shape index (κ1) is 15.0. The Morgan fingerprint density at radius 2 is 1.73 bits per heavy atom. The van der Waals surface area contributed by atoms with Crippen molar-refractivity contribution in [3.63, 3.8) is 0 Å². The standard InChI is InChI=1S/C19H23FN2/c20-18-9-6-10-19(22-13-4-5-14-22)17(18)15-21-12-11-16-7-2-1-3-8-16/h1-3,6-10,21H,4-5,11-15H2. The highest BCUT2D eigenvalue weighted by molar-refractivity contribution is 5.54. The summed E-state index contributed by atoms with van der Waals surface area (Å²) in [7, 11) is 0. The zero-order chi connectivity index (χ0) is 15.2. The van der Waals surface area contributed by atoms with Gasteiger partial charge in [0.1, 0.15) is 5.82 Å². The van der Waals surface area contributed by atoms with E-state index in [0.29, 0.717) is 6.54 Å². The van der Waals surface area contributed by atoms with E-state index in [1.165, 1.54) is 18.4 Å². The smallest absolute Gasteiger partial charge is 0.129 e. The fourth-order valence-electron chi connectivity index (χ4n) is 3.07. The minimum Gasteiger partial charge on any atom is -0.371 e. The van der Waals surface area contributed by atoms with Gasteiger partial charge >= 0.3 is 0 Å². The van der Waals surface area contributed by atoms with Gasteiger partial charge in [0, 0.05) is 30.9 Å². The van der Waals surface area contributed by atoms with Gasteiger partial charge in [0.25, 0.3) is 0 Å². The zero-order valence-electron chi connectivity index (χ0n) is 12.9. The van der Waals surface area contributed by atoms with Gasteiger partial charge in [-0.25, -0.2) is 4.39 Å². The lowest BCUT2D eigenvalue weighted by atomic mass is 10.1. The predicted octanol–water partition coefficient (Wildman–Crippen LogP) is 3.76. The molecule has 1 heterocycles. The van der Waals surface area contributed by atoms with E-state index >= 15 is 0 Å². The molecule has 3 heteroatoms. The van der Waals surface area contributed by atoms with Gasteiger partial charge in [-0.15, -0.1) is 0 Å². The SMILES string of the molecule is Fc1cccc(N2CCCC2)c1CNCCc1ccccc1. The Bertz CT molecular complexity index is 592. The van der Waals surface area contributed by atoms with E-state index < -0.39 is 0 Å². The summed E-state index contributed by atoms with van der Waals surface area (Å²) < 4.78 is 14.2. The number of nitrogens with one attached hydrogen (secondary N) is 1. The van der Waals surface area contributed by atoms with Gasteiger partial charge in [0.2, 0.25) is 0 Å². The number of nitrogens with zero attached hydrogens (tertiary/aromatic N) is 1. The molecule has 0 atom stereocenters. The van der Waals surface area contributed by atoms with Crippen LogP contribution >= 0.6 is 0 Å². The van der Waals surface area contributed by atoms with E-state index in [-0.39, 0.29) is 5.82 Å². The minimum absolute atomic E-state index is 0.100. The van der Waals surface area contributed by atoms with E-state index in [4.69, 9.17) is 0 Å². The maximum Gasteiger partial charge on any atom is 0.129 e. The predicted molar refractivity (Wildman–Crippen MR) is 89.7 cm³/mol. The second kappa shape index (κ2) is 7.41. The second-order valence-electron chi connectivity index (χ2n) is 5.84. The number of rotatable bonds is 6. The summed E-state index contributed by atoms with van der Waals surface area (Å²) in [6, 6.07) is 15.8. The maximum atomic E-state index is 14.2. The van der Waals surface area contributed by atoms with Crippen LogP contribution in [0.5, 0.6) is 0 Å². The molecule has 0 aromatic heterocycles. The van der Waals surface area contributed by atoms with Gasteiger partial charge in [-0.2, -0.15) is 0 Å². The van der Waals surface area contributed by atoms with Gasteiger partial charge in [0.15, 0.2) is 0 Å². The molecule has 1 aliphatic rings. The van der Waals surface area contributed by atoms with Gasteiger partial charge in [-0.05, 0) is 43.5 Å². The Kier molecular flexibility index (Phi) is 5.07. The highest BCUT2D eigenvalue weighted by Gasteiger charge is 2.17. The van der Waals surface area contributed by atoms with Gasteiger partial charge in [-0.1, -0.05) is 36.4 Å². The lowest BCUT2D eigenvalue weighted by Gasteiger charge is -2.22. The fourth-order valence-corrected chi connectivity index (χ4v) is 3.07. The average molecular weight is 298 g/mol. The number of halogens is 1. The number of hydrogen-bond acceptors (Lipinski definition) is 2. The van der Waals surface area contributed by atoms with Gasteiger partial charge in [-0.3, -0.25) is 0 Å². The molecule has 2 aromatic rings. The number of hydrogen-bond donors (Lipinski definition) is 1. The van der Waals surface area contributed by atoms with E-state index in [0.717, 1.165) is 37.3 Å². The highest BCUT2D eigenvalue weighted by Crippen LogP contribution is 2.26. The zero-order valence-corrected chi connectivity index (χ0v) is 12.9. The van der Waals surface area contributed by atoms with E-state index in [9.17, 15) is 4.39 Å². The molecule has 2 nitrogen and oxygen atoms in total. The normalized spacial score (nSPS) is 14.5. The van der Waals surface area contributed by atoms with E-state index in [2.05, 4.69) is 34.5 Å². The maximum absolute atomic E-state index is 14.2. The van der Waals surface area contributed by atoms with Gasteiger partial charge in [0.05, 0.1) is 0 Å². The number of anilines is 1. The topological polar surface area (TPSA) is 15.3 Å². The molecule has 2 aromatic carbocycles. The van der Waals surface area contributed by atoms with Crippen LogP contribution in [0.3, 0.4) is 0 Å². The van der Waals surface area contributed by atoms with Crippen LogP contribution in [0.15, 0.2) is 48.5 Å². The van der Waals surface area contributed by atoms with Crippen LogP contribution in [-0.4, -0.2) is 19.6 Å². The molecular weight excluding hydrogens is 275 g/mol. The van der Waals surface area contributed by atoms with E-state index in [1.54, 1.807) is 6.07 Å². The molecule has 0 saturated carbocycles. The number of benzene rings is 2. The van der Waals surface area contributed by atoms with Crippen molar-refractivity contribution in [1.29, 1.82) is 0 Å². The third kappa shape index (κ3) is 3.66. The molecule has 0 bridgehead atoms. The lowest BCUT2D eigenvalue weighted by Crippen LogP contribution is -2.23. The Morgan fingerprint density at radius 1 is 0.955 bits per heavy atom. The molecule has 1 saturated heterocycles. The van der Waals surface area contributed by atoms with Crippen molar-refractivity contribution < 1.29 is 4.39 Å². The summed E-state index contributed by atoms with van der Waals surface area (Å²) >= 11 is 0. The van der Waals surface area contributed by atoms with Crippen molar-refractivity contribution in [2.45, 2.75) is 25.8 Å². The summed E-state index contributed by atoms with van der Waals surface area (Å²) in [5.74, 6) is -0.100. The molecule has 0 spiro atoms. The molecule has 0 amide bonds. The van der Waals surface area contributed by atoms with Crippen LogP contribution in [0.4, 0.5) is 10.1 Å². The summed E-state index contributed by atoms with van der Waals surface area (Å²) in [5.41, 5.74) is 3.17. The van der Waals surface area contributed by atoms with Crippen molar-refractivity contribution in [3.05, 3.63) is 65.5 Å². The Morgan fingerprint density at radius 3 is 2.50 bits per heavy atom. The first-order valence-corrected chi connectivity index (χ1v) is 8.11. The lowest BCUT2D eigenvalue weighted by molar-refractivity contribution is 0.587. The van der Waals surface area contributed by atoms with Gasteiger partial charge < -0.3 is 10.2 Å². The molecular formula is C19H23FN2. The van der Waals surface area contributed by atoms with Crippen molar-refractivity contribution in [2.75, 3.05) is 24.5 Å². The first-order valence-electron chi connectivity index (χ1n) is 8.11. The van der Waals surface area contributed by atoms with Crippen LogP contribution in [0, 0.1) is 5.82 Å². The summed E-state index contributed by atoms with van der Waals surface area (Å²) in [4.78, 5) is 2.30. The molecule has 116 valence electrons. The Balaban J connectivity index is 1.59. The van der Waals surface area contributed by atoms with E-state index in [1.807, 2.05) is 18.2 Å². The van der Waals surface area contributed by atoms with Crippen LogP contribution in [0.25, 0.3) is 0 Å². The molecule has 1 N–H and O–H groups in total. The highest BCUT2D eigenvalue weighted by atomic mass is 19.1. The molecule has 22 heavy (non-hydrogen) atoms. The molecule has 1 aliphatic heterocycles. The largest absolute Gasteiger partial charge is 0.371 e. The summed E-state index contributed by atoms with van der Waals surface area (Å²) in [6.45, 7) is 3.53. The molecule has 3 rings (SSSR count). The van der Waals surface area contributed by atoms with Crippen molar-refractivity contribution in [1.82, 2.24) is 5.32 Å². The average Bonchev–Trinajstić information content (AvgIpc) is 3.08. The summed E-state index contributed by atoms with van der Waals surface area (Å²) in [5, 5.41) is 3.39. The van der Waals surface area contributed by atoms with Crippen molar-refractivity contribution in [3.8, 4) is 0 Å². The molecule has 1 fully saturated rings. The van der Waals surface area contributed by atoms with Crippen molar-refractivity contribution >= 4 is 5.69 Å². The molecule has 0 aliphatic carbocycles. The van der Waals surface area contributed by atoms with Crippen molar-refractivity contribution in [2.24, 2.45) is 0 Å².